The van der Waals surface area contributed by atoms with Crippen LogP contribution in [-0.4, -0.2) is 29.3 Å². The van der Waals surface area contributed by atoms with Crippen molar-refractivity contribution in [2.75, 3.05) is 23.3 Å². The maximum Gasteiger partial charge on any atom is 0.151 e. The average Bonchev–Trinajstić information content (AvgIpc) is 2.57. The van der Waals surface area contributed by atoms with Gasteiger partial charge in [0.05, 0.1) is 11.8 Å². The second-order valence-electron chi connectivity index (χ2n) is 6.03. The van der Waals surface area contributed by atoms with E-state index in [2.05, 4.69) is 15.2 Å². The summed E-state index contributed by atoms with van der Waals surface area (Å²) in [5, 5.41) is 13.0. The second kappa shape index (κ2) is 6.96. The second-order valence-corrected chi connectivity index (χ2v) is 6.03. The Kier molecular flexibility index (Phi) is 4.76. The van der Waals surface area contributed by atoms with E-state index in [1.54, 1.807) is 19.2 Å². The van der Waals surface area contributed by atoms with Crippen molar-refractivity contribution >= 4 is 11.5 Å². The molecule has 1 fully saturated rings. The third-order valence-electron chi connectivity index (χ3n) is 4.26. The largest absolute Gasteiger partial charge is 0.393 e. The van der Waals surface area contributed by atoms with E-state index in [0.29, 0.717) is 12.1 Å². The molecule has 5 heteroatoms. The number of aliphatic hydroxyl groups excluding tert-OH is 1. The van der Waals surface area contributed by atoms with Crippen LogP contribution in [-0.2, 0) is 6.54 Å². The highest BCUT2D eigenvalue weighted by molar-refractivity contribution is 5.65. The third kappa shape index (κ3) is 3.79. The van der Waals surface area contributed by atoms with Crippen LogP contribution in [0.4, 0.5) is 15.9 Å². The van der Waals surface area contributed by atoms with Crippen molar-refractivity contribution in [3.8, 4) is 0 Å². The molecule has 2 heterocycles. The Morgan fingerprint density at radius 1 is 1.30 bits per heavy atom. The monoisotopic (exact) mass is 315 g/mol. The van der Waals surface area contributed by atoms with Gasteiger partial charge in [0, 0.05) is 25.8 Å². The molecule has 0 atom stereocenters. The highest BCUT2D eigenvalue weighted by atomic mass is 19.1. The number of benzene rings is 1. The lowest BCUT2D eigenvalue weighted by molar-refractivity contribution is 0.145. The lowest BCUT2D eigenvalue weighted by Gasteiger charge is -2.31. The van der Waals surface area contributed by atoms with Gasteiger partial charge in [-0.05, 0) is 49.1 Å². The normalized spacial score (nSPS) is 15.7. The molecule has 23 heavy (non-hydrogen) atoms. The van der Waals surface area contributed by atoms with E-state index >= 15 is 0 Å². The van der Waals surface area contributed by atoms with Gasteiger partial charge in [-0.1, -0.05) is 12.1 Å². The minimum absolute atomic E-state index is 0.178. The number of nitrogens with zero attached hydrogens (tertiary/aromatic N) is 2. The summed E-state index contributed by atoms with van der Waals surface area (Å²) in [5.41, 5.74) is 2.65. The van der Waals surface area contributed by atoms with Crippen molar-refractivity contribution in [2.45, 2.75) is 32.4 Å². The number of hydrogen-bond donors (Lipinski definition) is 2. The molecule has 1 aliphatic rings. The topological polar surface area (TPSA) is 48.4 Å². The molecule has 0 saturated carbocycles. The third-order valence-corrected chi connectivity index (χ3v) is 4.26. The lowest BCUT2D eigenvalue weighted by atomic mass is 10.1. The van der Waals surface area contributed by atoms with Gasteiger partial charge in [-0.15, -0.1) is 0 Å². The van der Waals surface area contributed by atoms with Crippen LogP contribution >= 0.6 is 0 Å². The number of rotatable bonds is 4. The van der Waals surface area contributed by atoms with Crippen LogP contribution in [0.5, 0.6) is 0 Å². The molecule has 1 aromatic carbocycles. The maximum atomic E-state index is 13.3. The van der Waals surface area contributed by atoms with E-state index in [9.17, 15) is 9.50 Å². The van der Waals surface area contributed by atoms with Crippen LogP contribution in [0.2, 0.25) is 0 Å². The predicted octanol–water partition coefficient (Wildman–Crippen LogP) is 3.10. The fourth-order valence-corrected chi connectivity index (χ4v) is 2.88. The molecule has 122 valence electrons. The first-order chi connectivity index (χ1) is 11.1. The van der Waals surface area contributed by atoms with E-state index in [4.69, 9.17) is 0 Å². The van der Waals surface area contributed by atoms with E-state index < -0.39 is 0 Å². The Bertz CT molecular complexity index is 669. The molecular formula is C18H22FN3O. The number of aliphatic hydroxyl groups is 1. The predicted molar refractivity (Wildman–Crippen MR) is 90.2 cm³/mol. The molecule has 2 aromatic rings. The number of aromatic nitrogens is 1. The van der Waals surface area contributed by atoms with Crippen LogP contribution in [0, 0.1) is 12.7 Å². The van der Waals surface area contributed by atoms with Crippen LogP contribution in [0.25, 0.3) is 0 Å². The van der Waals surface area contributed by atoms with Crippen molar-refractivity contribution in [1.29, 1.82) is 0 Å². The fourth-order valence-electron chi connectivity index (χ4n) is 2.88. The van der Waals surface area contributed by atoms with E-state index in [0.717, 1.165) is 43.0 Å². The first-order valence-corrected chi connectivity index (χ1v) is 8.00. The average molecular weight is 315 g/mol. The first-order valence-electron chi connectivity index (χ1n) is 8.00. The molecule has 1 aromatic heterocycles. The maximum absolute atomic E-state index is 13.3. The Morgan fingerprint density at radius 3 is 2.83 bits per heavy atom. The molecule has 0 unspecified atom stereocenters. The minimum Gasteiger partial charge on any atom is -0.393 e. The molecule has 0 aliphatic carbocycles. The molecule has 0 amide bonds. The van der Waals surface area contributed by atoms with Crippen molar-refractivity contribution in [3.63, 3.8) is 0 Å². The molecule has 0 spiro atoms. The van der Waals surface area contributed by atoms with E-state index in [-0.39, 0.29) is 11.9 Å². The summed E-state index contributed by atoms with van der Waals surface area (Å²) in [6.45, 7) is 4.01. The number of hydrogen-bond acceptors (Lipinski definition) is 4. The van der Waals surface area contributed by atoms with Gasteiger partial charge in [0.15, 0.2) is 5.82 Å². The Hall–Kier alpha value is -2.14. The summed E-state index contributed by atoms with van der Waals surface area (Å²) >= 11 is 0. The lowest BCUT2D eigenvalue weighted by Crippen LogP contribution is -2.36. The van der Waals surface area contributed by atoms with Crippen LogP contribution in [0.15, 0.2) is 36.5 Å². The molecule has 3 rings (SSSR count). The Labute approximate surface area is 136 Å². The smallest absolute Gasteiger partial charge is 0.151 e. The number of pyridine rings is 1. The van der Waals surface area contributed by atoms with Gasteiger partial charge in [0.2, 0.25) is 0 Å². The minimum atomic E-state index is -0.200. The molecule has 1 saturated heterocycles. The van der Waals surface area contributed by atoms with Gasteiger partial charge in [0.1, 0.15) is 5.82 Å². The standard InChI is InChI=1S/C18H22FN3O/c1-13-11-14(4-5-16(13)19)12-21-17-3-2-8-20-18(17)22-9-6-15(23)7-10-22/h2-5,8,11,15,21,23H,6-7,9-10,12H2,1H3. The Balaban J connectivity index is 1.71. The quantitative estimate of drug-likeness (QED) is 0.910. The van der Waals surface area contributed by atoms with Crippen molar-refractivity contribution in [2.24, 2.45) is 0 Å². The number of piperidine rings is 1. The van der Waals surface area contributed by atoms with Crippen molar-refractivity contribution in [3.05, 3.63) is 53.5 Å². The highest BCUT2D eigenvalue weighted by Gasteiger charge is 2.20. The molecule has 0 bridgehead atoms. The number of nitrogens with one attached hydrogen (secondary N) is 1. The highest BCUT2D eigenvalue weighted by Crippen LogP contribution is 2.26. The van der Waals surface area contributed by atoms with Crippen LogP contribution < -0.4 is 10.2 Å². The van der Waals surface area contributed by atoms with E-state index in [1.165, 1.54) is 6.07 Å². The summed E-state index contributed by atoms with van der Waals surface area (Å²) in [5.74, 6) is 0.737. The van der Waals surface area contributed by atoms with Gasteiger partial charge in [-0.3, -0.25) is 0 Å². The summed E-state index contributed by atoms with van der Waals surface area (Å²) in [6.07, 6.45) is 3.13. The van der Waals surface area contributed by atoms with E-state index in [1.807, 2.05) is 18.2 Å². The number of aryl methyl sites for hydroxylation is 1. The van der Waals surface area contributed by atoms with Gasteiger partial charge in [-0.2, -0.15) is 0 Å². The zero-order valence-electron chi connectivity index (χ0n) is 13.3. The first kappa shape index (κ1) is 15.7. The van der Waals surface area contributed by atoms with Gasteiger partial charge in [-0.25, -0.2) is 9.37 Å². The number of halogens is 1. The summed E-state index contributed by atoms with van der Waals surface area (Å²) < 4.78 is 13.3. The van der Waals surface area contributed by atoms with Crippen LogP contribution in [0.1, 0.15) is 24.0 Å². The SMILES string of the molecule is Cc1cc(CNc2cccnc2N2CCC(O)CC2)ccc1F. The zero-order valence-corrected chi connectivity index (χ0v) is 13.3. The summed E-state index contributed by atoms with van der Waals surface area (Å²) in [4.78, 5) is 6.69. The summed E-state index contributed by atoms with van der Waals surface area (Å²) in [6, 6.07) is 9.06. The van der Waals surface area contributed by atoms with Gasteiger partial charge in [0.25, 0.3) is 0 Å². The fraction of sp³-hybridized carbons (Fsp3) is 0.389. The van der Waals surface area contributed by atoms with Crippen molar-refractivity contribution < 1.29 is 9.50 Å². The molecule has 4 nitrogen and oxygen atoms in total. The molecule has 2 N–H and O–H groups in total. The molecule has 1 aliphatic heterocycles. The summed E-state index contributed by atoms with van der Waals surface area (Å²) in [7, 11) is 0. The van der Waals surface area contributed by atoms with Gasteiger partial charge >= 0.3 is 0 Å². The van der Waals surface area contributed by atoms with Gasteiger partial charge < -0.3 is 15.3 Å². The Morgan fingerprint density at radius 2 is 2.09 bits per heavy atom. The molecular weight excluding hydrogens is 293 g/mol. The molecule has 0 radical (unpaired) electrons. The van der Waals surface area contributed by atoms with Crippen LogP contribution in [0.3, 0.4) is 0 Å². The van der Waals surface area contributed by atoms with Crippen molar-refractivity contribution in [1.82, 2.24) is 4.98 Å². The zero-order chi connectivity index (χ0) is 16.2. The number of anilines is 2.